The molecule has 1 aliphatic heterocycles. The van der Waals surface area contributed by atoms with Crippen molar-refractivity contribution in [1.29, 1.82) is 0 Å². The van der Waals surface area contributed by atoms with Crippen molar-refractivity contribution in [3.8, 4) is 5.75 Å². The largest absolute Gasteiger partial charge is 0.491 e. The van der Waals surface area contributed by atoms with Gasteiger partial charge in [-0.1, -0.05) is 0 Å². The van der Waals surface area contributed by atoms with E-state index in [0.29, 0.717) is 31.9 Å². The standard InChI is InChI=1S/C18H24N4O3.ClH/c1-21-9-8-20-17(21)16-13-19-7-10-22(16)18(23)14-3-5-15(6-4-14)25-12-11-24-2;/h3-6,8-9,16,19H,7,10-13H2,1-2H3;1H. The van der Waals surface area contributed by atoms with Crippen molar-refractivity contribution in [2.24, 2.45) is 7.05 Å². The van der Waals surface area contributed by atoms with Gasteiger partial charge in [0.05, 0.1) is 6.61 Å². The minimum absolute atomic E-state index is 0. The van der Waals surface area contributed by atoms with Crippen LogP contribution in [0.3, 0.4) is 0 Å². The molecule has 26 heavy (non-hydrogen) atoms. The fourth-order valence-electron chi connectivity index (χ4n) is 2.98. The normalized spacial score (nSPS) is 16.8. The molecular weight excluding hydrogens is 356 g/mol. The molecule has 0 radical (unpaired) electrons. The van der Waals surface area contributed by atoms with E-state index in [1.165, 1.54) is 0 Å². The van der Waals surface area contributed by atoms with E-state index < -0.39 is 0 Å². The molecule has 1 unspecified atom stereocenters. The highest BCUT2D eigenvalue weighted by Gasteiger charge is 2.30. The molecule has 3 rings (SSSR count). The number of methoxy groups -OCH3 is 1. The second kappa shape index (κ2) is 9.56. The van der Waals surface area contributed by atoms with E-state index in [0.717, 1.165) is 18.1 Å². The SMILES string of the molecule is COCCOc1ccc(C(=O)N2CCNCC2c2nccn2C)cc1.Cl. The van der Waals surface area contributed by atoms with Crippen molar-refractivity contribution in [3.63, 3.8) is 0 Å². The number of piperazine rings is 1. The van der Waals surface area contributed by atoms with Gasteiger partial charge in [0.15, 0.2) is 0 Å². The molecule has 0 aliphatic carbocycles. The van der Waals surface area contributed by atoms with Crippen LogP contribution in [0.4, 0.5) is 0 Å². The maximum absolute atomic E-state index is 13.0. The van der Waals surface area contributed by atoms with E-state index in [2.05, 4.69) is 10.3 Å². The number of nitrogens with one attached hydrogen (secondary N) is 1. The summed E-state index contributed by atoms with van der Waals surface area (Å²) < 4.78 is 12.5. The highest BCUT2D eigenvalue weighted by molar-refractivity contribution is 5.94. The van der Waals surface area contributed by atoms with Crippen molar-refractivity contribution in [2.45, 2.75) is 6.04 Å². The first kappa shape index (κ1) is 20.2. The first-order chi connectivity index (χ1) is 12.2. The van der Waals surface area contributed by atoms with E-state index in [-0.39, 0.29) is 24.4 Å². The number of amides is 1. The molecule has 2 heterocycles. The number of benzene rings is 1. The maximum atomic E-state index is 13.0. The minimum Gasteiger partial charge on any atom is -0.491 e. The zero-order valence-electron chi connectivity index (χ0n) is 15.1. The van der Waals surface area contributed by atoms with E-state index in [9.17, 15) is 4.79 Å². The molecule has 2 aromatic rings. The van der Waals surface area contributed by atoms with Crippen LogP contribution in [0.1, 0.15) is 22.2 Å². The Bertz CT molecular complexity index is 705. The van der Waals surface area contributed by atoms with E-state index in [1.54, 1.807) is 13.3 Å². The molecule has 0 spiro atoms. The van der Waals surface area contributed by atoms with Gasteiger partial charge in [0, 0.05) is 51.7 Å². The summed E-state index contributed by atoms with van der Waals surface area (Å²) in [7, 11) is 3.59. The Morgan fingerprint density at radius 2 is 2.08 bits per heavy atom. The van der Waals surface area contributed by atoms with Gasteiger partial charge in [0.2, 0.25) is 0 Å². The van der Waals surface area contributed by atoms with Gasteiger partial charge in [-0.3, -0.25) is 4.79 Å². The van der Waals surface area contributed by atoms with Gasteiger partial charge in [0.25, 0.3) is 5.91 Å². The summed E-state index contributed by atoms with van der Waals surface area (Å²) in [4.78, 5) is 19.3. The third kappa shape index (κ3) is 4.55. The average Bonchev–Trinajstić information content (AvgIpc) is 3.08. The van der Waals surface area contributed by atoms with Crippen LogP contribution in [0, 0.1) is 0 Å². The predicted molar refractivity (Wildman–Crippen MR) is 101 cm³/mol. The van der Waals surface area contributed by atoms with Gasteiger partial charge < -0.3 is 24.3 Å². The first-order valence-electron chi connectivity index (χ1n) is 8.41. The van der Waals surface area contributed by atoms with Crippen LogP contribution in [0.15, 0.2) is 36.7 Å². The van der Waals surface area contributed by atoms with Crippen LogP contribution in [0.2, 0.25) is 0 Å². The fraction of sp³-hybridized carbons (Fsp3) is 0.444. The highest BCUT2D eigenvalue weighted by Crippen LogP contribution is 2.23. The Balaban J connectivity index is 0.00000243. The first-order valence-corrected chi connectivity index (χ1v) is 8.41. The lowest BCUT2D eigenvalue weighted by molar-refractivity contribution is 0.0621. The molecule has 0 saturated carbocycles. The molecule has 142 valence electrons. The smallest absolute Gasteiger partial charge is 0.254 e. The molecule has 1 N–H and O–H groups in total. The van der Waals surface area contributed by atoms with Crippen LogP contribution >= 0.6 is 12.4 Å². The topological polar surface area (TPSA) is 68.6 Å². The number of hydrogen-bond donors (Lipinski definition) is 1. The van der Waals surface area contributed by atoms with E-state index >= 15 is 0 Å². The number of aromatic nitrogens is 2. The summed E-state index contributed by atoms with van der Waals surface area (Å²) in [6.45, 7) is 3.16. The number of aryl methyl sites for hydroxylation is 1. The summed E-state index contributed by atoms with van der Waals surface area (Å²) in [5.74, 6) is 1.63. The van der Waals surface area contributed by atoms with Crippen LogP contribution in [-0.2, 0) is 11.8 Å². The lowest BCUT2D eigenvalue weighted by Crippen LogP contribution is -2.49. The van der Waals surface area contributed by atoms with Crippen LogP contribution in [0.25, 0.3) is 0 Å². The Labute approximate surface area is 159 Å². The summed E-state index contributed by atoms with van der Waals surface area (Å²) in [5.41, 5.74) is 0.653. The minimum atomic E-state index is -0.0705. The zero-order chi connectivity index (χ0) is 17.6. The molecule has 1 atom stereocenters. The molecule has 1 aliphatic rings. The van der Waals surface area contributed by atoms with Gasteiger partial charge in [0.1, 0.15) is 24.2 Å². The Kier molecular flexibility index (Phi) is 7.44. The van der Waals surface area contributed by atoms with Crippen molar-refractivity contribution >= 4 is 18.3 Å². The molecular formula is C18H25ClN4O3. The molecule has 1 aromatic carbocycles. The van der Waals surface area contributed by atoms with Gasteiger partial charge in [-0.25, -0.2) is 4.98 Å². The second-order valence-electron chi connectivity index (χ2n) is 5.98. The molecule has 0 bridgehead atoms. The lowest BCUT2D eigenvalue weighted by Gasteiger charge is -2.35. The summed E-state index contributed by atoms with van der Waals surface area (Å²) in [5, 5.41) is 3.35. The van der Waals surface area contributed by atoms with Crippen molar-refractivity contribution in [1.82, 2.24) is 19.8 Å². The third-order valence-electron chi connectivity index (χ3n) is 4.32. The predicted octanol–water partition coefficient (Wildman–Crippen LogP) is 1.65. The molecule has 7 nitrogen and oxygen atoms in total. The van der Waals surface area contributed by atoms with Gasteiger partial charge in [-0.15, -0.1) is 12.4 Å². The third-order valence-corrected chi connectivity index (χ3v) is 4.32. The van der Waals surface area contributed by atoms with Crippen molar-refractivity contribution in [2.75, 3.05) is 40.0 Å². The van der Waals surface area contributed by atoms with Gasteiger partial charge >= 0.3 is 0 Å². The van der Waals surface area contributed by atoms with E-state index in [1.807, 2.05) is 47.0 Å². The van der Waals surface area contributed by atoms with E-state index in [4.69, 9.17) is 9.47 Å². The number of halogens is 1. The average molecular weight is 381 g/mol. The highest BCUT2D eigenvalue weighted by atomic mass is 35.5. The number of rotatable bonds is 6. The quantitative estimate of drug-likeness (QED) is 0.772. The summed E-state index contributed by atoms with van der Waals surface area (Å²) >= 11 is 0. The zero-order valence-corrected chi connectivity index (χ0v) is 15.9. The molecule has 1 fully saturated rings. The number of ether oxygens (including phenoxy) is 2. The molecule has 8 heteroatoms. The summed E-state index contributed by atoms with van der Waals surface area (Å²) in [6, 6.07) is 7.19. The number of imidazole rings is 1. The monoisotopic (exact) mass is 380 g/mol. The van der Waals surface area contributed by atoms with Crippen LogP contribution in [0.5, 0.6) is 5.75 Å². The van der Waals surface area contributed by atoms with Gasteiger partial charge in [-0.2, -0.15) is 0 Å². The molecule has 1 aromatic heterocycles. The fourth-order valence-corrected chi connectivity index (χ4v) is 2.98. The van der Waals surface area contributed by atoms with Gasteiger partial charge in [-0.05, 0) is 24.3 Å². The van der Waals surface area contributed by atoms with Crippen molar-refractivity contribution < 1.29 is 14.3 Å². The van der Waals surface area contributed by atoms with Crippen LogP contribution in [-0.4, -0.2) is 60.3 Å². The number of nitrogens with zero attached hydrogens (tertiary/aromatic N) is 3. The lowest BCUT2D eigenvalue weighted by atomic mass is 10.1. The maximum Gasteiger partial charge on any atom is 0.254 e. The number of carbonyl (C=O) groups is 1. The molecule has 1 saturated heterocycles. The van der Waals surface area contributed by atoms with Crippen molar-refractivity contribution in [3.05, 3.63) is 48.0 Å². The Morgan fingerprint density at radius 3 is 2.73 bits per heavy atom. The number of hydrogen-bond acceptors (Lipinski definition) is 5. The second-order valence-corrected chi connectivity index (χ2v) is 5.98. The molecule has 1 amide bonds. The number of carbonyl (C=O) groups excluding carboxylic acids is 1. The Hall–Kier alpha value is -2.09. The van der Waals surface area contributed by atoms with Crippen LogP contribution < -0.4 is 10.1 Å². The summed E-state index contributed by atoms with van der Waals surface area (Å²) in [6.07, 6.45) is 3.66. The Morgan fingerprint density at radius 1 is 1.31 bits per heavy atom.